The number of benzene rings is 1. The largest absolute Gasteiger partial charge is 0.497 e. The third-order valence-electron chi connectivity index (χ3n) is 3.79. The Labute approximate surface area is 111 Å². The predicted octanol–water partition coefficient (Wildman–Crippen LogP) is 2.02. The van der Waals surface area contributed by atoms with Crippen LogP contribution in [0.15, 0.2) is 24.3 Å². The van der Waals surface area contributed by atoms with Gasteiger partial charge in [0.1, 0.15) is 5.75 Å². The first-order chi connectivity index (χ1) is 9.20. The molecule has 2 fully saturated rings. The average molecular weight is 260 g/mol. The van der Waals surface area contributed by atoms with Crippen LogP contribution in [0.25, 0.3) is 0 Å². The molecular weight excluding hydrogens is 244 g/mol. The summed E-state index contributed by atoms with van der Waals surface area (Å²) in [6, 6.07) is 6.95. The van der Waals surface area contributed by atoms with Crippen molar-refractivity contribution in [3.8, 4) is 5.75 Å². The number of carbonyl (C=O) groups excluding carboxylic acids is 2. The van der Waals surface area contributed by atoms with E-state index in [0.29, 0.717) is 17.9 Å². The van der Waals surface area contributed by atoms with Crippen molar-refractivity contribution in [1.82, 2.24) is 4.90 Å². The molecule has 3 amide bonds. The van der Waals surface area contributed by atoms with Gasteiger partial charge in [-0.25, -0.2) is 9.69 Å². The molecule has 0 spiro atoms. The zero-order valence-corrected chi connectivity index (χ0v) is 10.8. The summed E-state index contributed by atoms with van der Waals surface area (Å²) in [5.74, 6) is 0.517. The highest BCUT2D eigenvalue weighted by molar-refractivity contribution is 6.16. The van der Waals surface area contributed by atoms with Crippen LogP contribution in [0.4, 0.5) is 10.5 Å². The summed E-state index contributed by atoms with van der Waals surface area (Å²) in [4.78, 5) is 27.7. The van der Waals surface area contributed by atoms with Crippen LogP contribution in [-0.4, -0.2) is 36.5 Å². The molecular formula is C14H16N2O3. The van der Waals surface area contributed by atoms with Gasteiger partial charge in [0.2, 0.25) is 5.91 Å². The Hall–Kier alpha value is -2.04. The van der Waals surface area contributed by atoms with E-state index >= 15 is 0 Å². The van der Waals surface area contributed by atoms with Crippen molar-refractivity contribution >= 4 is 17.6 Å². The van der Waals surface area contributed by atoms with Crippen LogP contribution in [-0.2, 0) is 4.79 Å². The number of anilines is 1. The van der Waals surface area contributed by atoms with E-state index in [9.17, 15) is 9.59 Å². The van der Waals surface area contributed by atoms with Crippen molar-refractivity contribution < 1.29 is 14.3 Å². The van der Waals surface area contributed by atoms with Crippen molar-refractivity contribution in [3.05, 3.63) is 24.3 Å². The molecule has 1 atom stereocenters. The van der Waals surface area contributed by atoms with Gasteiger partial charge in [-0.1, -0.05) is 6.07 Å². The van der Waals surface area contributed by atoms with Gasteiger partial charge in [0, 0.05) is 25.1 Å². The van der Waals surface area contributed by atoms with Gasteiger partial charge in [0.15, 0.2) is 0 Å². The van der Waals surface area contributed by atoms with Crippen molar-refractivity contribution in [2.24, 2.45) is 0 Å². The van der Waals surface area contributed by atoms with Crippen molar-refractivity contribution in [1.29, 1.82) is 0 Å². The number of imide groups is 1. The Morgan fingerprint density at radius 1 is 1.32 bits per heavy atom. The van der Waals surface area contributed by atoms with Crippen molar-refractivity contribution in [3.63, 3.8) is 0 Å². The molecule has 100 valence electrons. The maximum atomic E-state index is 12.4. The molecule has 0 N–H and O–H groups in total. The Kier molecular flexibility index (Phi) is 2.89. The number of carbonyl (C=O) groups is 2. The lowest BCUT2D eigenvalue weighted by atomic mass is 10.1. The van der Waals surface area contributed by atoms with Crippen LogP contribution in [0.1, 0.15) is 19.3 Å². The fourth-order valence-electron chi connectivity index (χ4n) is 2.83. The number of rotatable bonds is 2. The third-order valence-corrected chi connectivity index (χ3v) is 3.79. The van der Waals surface area contributed by atoms with Crippen molar-refractivity contribution in [2.75, 3.05) is 18.6 Å². The average Bonchev–Trinajstić information content (AvgIpc) is 2.87. The summed E-state index contributed by atoms with van der Waals surface area (Å²) in [7, 11) is 1.56. The van der Waals surface area contributed by atoms with E-state index in [0.717, 1.165) is 19.4 Å². The smallest absolute Gasteiger partial charge is 0.331 e. The molecule has 1 aromatic carbocycles. The second-order valence-corrected chi connectivity index (χ2v) is 4.91. The number of hydrogen-bond donors (Lipinski definition) is 0. The first-order valence-electron chi connectivity index (χ1n) is 6.48. The fraction of sp³-hybridized carbons (Fsp3) is 0.429. The standard InChI is InChI=1S/C14H16N2O3/c1-19-12-6-2-4-11(8-12)16-13(17)9-10-5-3-7-15(10)14(16)18/h2,4,6,8,10H,3,5,7,9H2,1H3. The lowest BCUT2D eigenvalue weighted by Gasteiger charge is -2.36. The fourth-order valence-corrected chi connectivity index (χ4v) is 2.83. The molecule has 2 saturated heterocycles. The van der Waals surface area contributed by atoms with Crippen molar-refractivity contribution in [2.45, 2.75) is 25.3 Å². The summed E-state index contributed by atoms with van der Waals surface area (Å²) < 4.78 is 5.14. The molecule has 5 nitrogen and oxygen atoms in total. The van der Waals surface area contributed by atoms with Crippen LogP contribution >= 0.6 is 0 Å². The van der Waals surface area contributed by atoms with E-state index in [-0.39, 0.29) is 18.0 Å². The third kappa shape index (κ3) is 1.95. The Morgan fingerprint density at radius 2 is 2.16 bits per heavy atom. The van der Waals surface area contributed by atoms with Gasteiger partial charge in [-0.05, 0) is 25.0 Å². The molecule has 0 saturated carbocycles. The molecule has 0 bridgehead atoms. The SMILES string of the molecule is COc1cccc(N2C(=O)CC3CCCN3C2=O)c1. The van der Waals surface area contributed by atoms with E-state index in [4.69, 9.17) is 4.74 Å². The number of urea groups is 1. The first kappa shape index (κ1) is 12.0. The normalized spacial score (nSPS) is 22.7. The number of nitrogens with zero attached hydrogens (tertiary/aromatic N) is 2. The lowest BCUT2D eigenvalue weighted by molar-refractivity contribution is -0.119. The van der Waals surface area contributed by atoms with E-state index in [2.05, 4.69) is 0 Å². The number of hydrogen-bond acceptors (Lipinski definition) is 3. The van der Waals surface area contributed by atoms with Crippen LogP contribution in [0.3, 0.4) is 0 Å². The van der Waals surface area contributed by atoms with E-state index in [1.54, 1.807) is 36.3 Å². The lowest BCUT2D eigenvalue weighted by Crippen LogP contribution is -2.54. The Bertz CT molecular complexity index is 529. The second-order valence-electron chi connectivity index (χ2n) is 4.91. The number of fused-ring (bicyclic) bond motifs is 1. The minimum atomic E-state index is -0.202. The molecule has 3 rings (SSSR count). The molecule has 2 heterocycles. The minimum Gasteiger partial charge on any atom is -0.497 e. The van der Waals surface area contributed by atoms with Crippen LogP contribution in [0, 0.1) is 0 Å². The molecule has 0 aliphatic carbocycles. The number of amides is 3. The topological polar surface area (TPSA) is 49.9 Å². The Balaban J connectivity index is 1.94. The van der Waals surface area contributed by atoms with Gasteiger partial charge < -0.3 is 9.64 Å². The van der Waals surface area contributed by atoms with E-state index < -0.39 is 0 Å². The molecule has 1 aromatic rings. The highest BCUT2D eigenvalue weighted by Gasteiger charge is 2.41. The Morgan fingerprint density at radius 3 is 2.95 bits per heavy atom. The van der Waals surface area contributed by atoms with E-state index in [1.807, 2.05) is 0 Å². The maximum absolute atomic E-state index is 12.4. The highest BCUT2D eigenvalue weighted by Crippen LogP contribution is 2.31. The summed E-state index contributed by atoms with van der Waals surface area (Å²) in [6.07, 6.45) is 2.34. The molecule has 0 radical (unpaired) electrons. The number of methoxy groups -OCH3 is 1. The first-order valence-corrected chi connectivity index (χ1v) is 6.48. The monoisotopic (exact) mass is 260 g/mol. The highest BCUT2D eigenvalue weighted by atomic mass is 16.5. The van der Waals surface area contributed by atoms with Gasteiger partial charge in [0.05, 0.1) is 12.8 Å². The summed E-state index contributed by atoms with van der Waals surface area (Å²) in [5.41, 5.74) is 0.583. The summed E-state index contributed by atoms with van der Waals surface area (Å²) >= 11 is 0. The van der Waals surface area contributed by atoms with Crippen LogP contribution in [0.2, 0.25) is 0 Å². The minimum absolute atomic E-state index is 0.0989. The molecule has 2 aliphatic heterocycles. The predicted molar refractivity (Wildman–Crippen MR) is 70.2 cm³/mol. The number of ether oxygens (including phenoxy) is 1. The van der Waals surface area contributed by atoms with Gasteiger partial charge in [0.25, 0.3) is 0 Å². The van der Waals surface area contributed by atoms with Crippen LogP contribution < -0.4 is 9.64 Å². The van der Waals surface area contributed by atoms with E-state index in [1.165, 1.54) is 4.90 Å². The van der Waals surface area contributed by atoms with Crippen LogP contribution in [0.5, 0.6) is 5.75 Å². The zero-order valence-electron chi connectivity index (χ0n) is 10.8. The summed E-state index contributed by atoms with van der Waals surface area (Å²) in [5, 5.41) is 0. The molecule has 0 aromatic heterocycles. The summed E-state index contributed by atoms with van der Waals surface area (Å²) in [6.45, 7) is 0.747. The van der Waals surface area contributed by atoms with Gasteiger partial charge in [-0.3, -0.25) is 4.79 Å². The molecule has 5 heteroatoms. The zero-order chi connectivity index (χ0) is 13.4. The second kappa shape index (κ2) is 4.57. The molecule has 19 heavy (non-hydrogen) atoms. The van der Waals surface area contributed by atoms with Gasteiger partial charge in [-0.2, -0.15) is 0 Å². The quantitative estimate of drug-likeness (QED) is 0.817. The molecule has 2 aliphatic rings. The molecule has 1 unspecified atom stereocenters. The van der Waals surface area contributed by atoms with Gasteiger partial charge >= 0.3 is 6.03 Å². The maximum Gasteiger partial charge on any atom is 0.331 e. The van der Waals surface area contributed by atoms with Gasteiger partial charge in [-0.15, -0.1) is 0 Å².